The van der Waals surface area contributed by atoms with Gasteiger partial charge in [0.05, 0.1) is 6.20 Å². The van der Waals surface area contributed by atoms with Crippen LogP contribution in [-0.2, 0) is 4.79 Å². The SMILES string of the molecule is CC(=O)NC1CCN(c2nc(Cl)ncc2F)C1. The van der Waals surface area contributed by atoms with Crippen LogP contribution in [0.15, 0.2) is 6.20 Å². The fraction of sp³-hybridized carbons (Fsp3) is 0.500. The van der Waals surface area contributed by atoms with Crippen molar-refractivity contribution in [3.63, 3.8) is 0 Å². The van der Waals surface area contributed by atoms with Crippen LogP contribution in [-0.4, -0.2) is 35.0 Å². The molecule has 2 rings (SSSR count). The van der Waals surface area contributed by atoms with Crippen molar-refractivity contribution >= 4 is 23.3 Å². The summed E-state index contributed by atoms with van der Waals surface area (Å²) in [6.45, 7) is 2.63. The molecule has 1 atom stereocenters. The molecule has 0 bridgehead atoms. The van der Waals surface area contributed by atoms with Gasteiger partial charge in [-0.2, -0.15) is 4.98 Å². The lowest BCUT2D eigenvalue weighted by Crippen LogP contribution is -2.35. The summed E-state index contributed by atoms with van der Waals surface area (Å²) >= 11 is 5.63. The molecule has 1 aliphatic heterocycles. The highest BCUT2D eigenvalue weighted by atomic mass is 35.5. The molecule has 0 spiro atoms. The molecule has 7 heteroatoms. The quantitative estimate of drug-likeness (QED) is 0.804. The number of hydrogen-bond acceptors (Lipinski definition) is 4. The minimum Gasteiger partial charge on any atom is -0.352 e. The van der Waals surface area contributed by atoms with Gasteiger partial charge in [-0.15, -0.1) is 0 Å². The van der Waals surface area contributed by atoms with Gasteiger partial charge in [-0.25, -0.2) is 9.37 Å². The third-order valence-electron chi connectivity index (χ3n) is 2.59. The molecule has 17 heavy (non-hydrogen) atoms. The molecule has 1 N–H and O–H groups in total. The van der Waals surface area contributed by atoms with Crippen LogP contribution >= 0.6 is 11.6 Å². The van der Waals surface area contributed by atoms with E-state index in [1.165, 1.54) is 6.92 Å². The Bertz CT molecular complexity index is 442. The van der Waals surface area contributed by atoms with Gasteiger partial charge in [0.25, 0.3) is 0 Å². The van der Waals surface area contributed by atoms with E-state index in [4.69, 9.17) is 11.6 Å². The first-order chi connectivity index (χ1) is 8.06. The number of hydrogen-bond donors (Lipinski definition) is 1. The van der Waals surface area contributed by atoms with Crippen LogP contribution in [0, 0.1) is 5.82 Å². The van der Waals surface area contributed by atoms with Crippen LogP contribution < -0.4 is 10.2 Å². The maximum Gasteiger partial charge on any atom is 0.224 e. The predicted octanol–water partition coefficient (Wildman–Crippen LogP) is 0.984. The predicted molar refractivity (Wildman–Crippen MR) is 61.4 cm³/mol. The molecule has 1 aliphatic rings. The van der Waals surface area contributed by atoms with Crippen molar-refractivity contribution in [3.05, 3.63) is 17.3 Å². The molecule has 1 unspecified atom stereocenters. The Balaban J connectivity index is 2.09. The molecule has 1 saturated heterocycles. The monoisotopic (exact) mass is 258 g/mol. The fourth-order valence-corrected chi connectivity index (χ4v) is 2.05. The van der Waals surface area contributed by atoms with E-state index in [1.807, 2.05) is 0 Å². The average molecular weight is 259 g/mol. The second-order valence-electron chi connectivity index (χ2n) is 3.94. The lowest BCUT2D eigenvalue weighted by atomic mass is 10.3. The summed E-state index contributed by atoms with van der Waals surface area (Å²) in [5, 5.41) is 2.81. The van der Waals surface area contributed by atoms with Gasteiger partial charge in [-0.3, -0.25) is 4.79 Å². The number of carbonyl (C=O) groups excluding carboxylic acids is 1. The Morgan fingerprint density at radius 1 is 1.71 bits per heavy atom. The van der Waals surface area contributed by atoms with Crippen molar-refractivity contribution in [1.29, 1.82) is 0 Å². The third-order valence-corrected chi connectivity index (χ3v) is 2.77. The molecule has 2 heterocycles. The molecule has 1 aromatic heterocycles. The number of anilines is 1. The number of aromatic nitrogens is 2. The summed E-state index contributed by atoms with van der Waals surface area (Å²) in [6, 6.07) is 0.0284. The first-order valence-electron chi connectivity index (χ1n) is 5.26. The molecule has 1 amide bonds. The summed E-state index contributed by atoms with van der Waals surface area (Å²) in [7, 11) is 0. The fourth-order valence-electron chi connectivity index (χ4n) is 1.92. The van der Waals surface area contributed by atoms with Gasteiger partial charge < -0.3 is 10.2 Å². The number of rotatable bonds is 2. The Morgan fingerprint density at radius 2 is 2.47 bits per heavy atom. The Morgan fingerprint density at radius 3 is 3.18 bits per heavy atom. The first-order valence-corrected chi connectivity index (χ1v) is 5.64. The molecule has 5 nitrogen and oxygen atoms in total. The van der Waals surface area contributed by atoms with Gasteiger partial charge in [-0.1, -0.05) is 0 Å². The molecule has 0 aliphatic carbocycles. The molecule has 92 valence electrons. The van der Waals surface area contributed by atoms with Crippen LogP contribution in [0.1, 0.15) is 13.3 Å². The summed E-state index contributed by atoms with van der Waals surface area (Å²) in [5.74, 6) is -0.395. The van der Waals surface area contributed by atoms with Crippen molar-refractivity contribution in [2.45, 2.75) is 19.4 Å². The van der Waals surface area contributed by atoms with Crippen LogP contribution in [0.4, 0.5) is 10.2 Å². The minimum absolute atomic E-state index is 0.0179. The topological polar surface area (TPSA) is 58.1 Å². The van der Waals surface area contributed by atoms with Gasteiger partial charge in [0.15, 0.2) is 11.6 Å². The van der Waals surface area contributed by atoms with Crippen LogP contribution in [0.25, 0.3) is 0 Å². The Hall–Kier alpha value is -1.43. The maximum absolute atomic E-state index is 13.5. The average Bonchev–Trinajstić information content (AvgIpc) is 2.69. The molecular formula is C10H12ClFN4O. The highest BCUT2D eigenvalue weighted by Gasteiger charge is 2.26. The van der Waals surface area contributed by atoms with E-state index in [1.54, 1.807) is 4.90 Å². The third kappa shape index (κ3) is 2.82. The van der Waals surface area contributed by atoms with E-state index in [-0.39, 0.29) is 23.1 Å². The van der Waals surface area contributed by atoms with Crippen LogP contribution in [0.3, 0.4) is 0 Å². The number of carbonyl (C=O) groups is 1. The van der Waals surface area contributed by atoms with Crippen molar-refractivity contribution in [3.8, 4) is 0 Å². The van der Waals surface area contributed by atoms with E-state index in [0.717, 1.165) is 12.6 Å². The summed E-state index contributed by atoms with van der Waals surface area (Å²) in [4.78, 5) is 20.1. The van der Waals surface area contributed by atoms with E-state index < -0.39 is 5.82 Å². The highest BCUT2D eigenvalue weighted by molar-refractivity contribution is 6.28. The number of nitrogens with zero attached hydrogens (tertiary/aromatic N) is 3. The molecule has 0 radical (unpaired) electrons. The number of nitrogens with one attached hydrogen (secondary N) is 1. The molecular weight excluding hydrogens is 247 g/mol. The lowest BCUT2D eigenvalue weighted by molar-refractivity contribution is -0.119. The molecule has 0 saturated carbocycles. The van der Waals surface area contributed by atoms with Crippen LogP contribution in [0.2, 0.25) is 5.28 Å². The van der Waals surface area contributed by atoms with Gasteiger partial charge >= 0.3 is 0 Å². The standard InChI is InChI=1S/C10H12ClFN4O/c1-6(17)14-7-2-3-16(5-7)9-8(12)4-13-10(11)15-9/h4,7H,2-3,5H2,1H3,(H,14,17). The Kier molecular flexibility index (Phi) is 3.42. The summed E-state index contributed by atoms with van der Waals surface area (Å²) in [6.07, 6.45) is 1.82. The normalized spacial score (nSPS) is 19.5. The first kappa shape index (κ1) is 12.0. The van der Waals surface area contributed by atoms with Gasteiger partial charge in [0.1, 0.15) is 0 Å². The van der Waals surface area contributed by atoms with Gasteiger partial charge in [0.2, 0.25) is 11.2 Å². The second-order valence-corrected chi connectivity index (χ2v) is 4.28. The Labute approximate surface area is 103 Å². The smallest absolute Gasteiger partial charge is 0.224 e. The molecule has 1 aromatic rings. The second kappa shape index (κ2) is 4.83. The van der Waals surface area contributed by atoms with Crippen molar-refractivity contribution in [1.82, 2.24) is 15.3 Å². The maximum atomic E-state index is 13.5. The largest absolute Gasteiger partial charge is 0.352 e. The van der Waals surface area contributed by atoms with Crippen molar-refractivity contribution in [2.75, 3.05) is 18.0 Å². The zero-order valence-corrected chi connectivity index (χ0v) is 10.0. The van der Waals surface area contributed by atoms with Crippen molar-refractivity contribution < 1.29 is 9.18 Å². The van der Waals surface area contributed by atoms with Crippen LogP contribution in [0.5, 0.6) is 0 Å². The highest BCUT2D eigenvalue weighted by Crippen LogP contribution is 2.22. The van der Waals surface area contributed by atoms with E-state index in [9.17, 15) is 9.18 Å². The summed E-state index contributed by atoms with van der Waals surface area (Å²) in [5.41, 5.74) is 0. The summed E-state index contributed by atoms with van der Waals surface area (Å²) < 4.78 is 13.5. The van der Waals surface area contributed by atoms with E-state index in [2.05, 4.69) is 15.3 Å². The number of amides is 1. The van der Waals surface area contributed by atoms with Gasteiger partial charge in [-0.05, 0) is 18.0 Å². The zero-order chi connectivity index (χ0) is 12.4. The van der Waals surface area contributed by atoms with Crippen molar-refractivity contribution in [2.24, 2.45) is 0 Å². The molecule has 1 fully saturated rings. The zero-order valence-electron chi connectivity index (χ0n) is 9.28. The minimum atomic E-state index is -0.502. The lowest BCUT2D eigenvalue weighted by Gasteiger charge is -2.18. The van der Waals surface area contributed by atoms with Gasteiger partial charge in [0, 0.05) is 26.1 Å². The number of halogens is 2. The van der Waals surface area contributed by atoms with E-state index >= 15 is 0 Å². The van der Waals surface area contributed by atoms with E-state index in [0.29, 0.717) is 13.1 Å². The molecule has 0 aromatic carbocycles.